The molecule has 0 bridgehead atoms. The van der Waals surface area contributed by atoms with Gasteiger partial charge < -0.3 is 9.84 Å². The van der Waals surface area contributed by atoms with Gasteiger partial charge in [0.25, 0.3) is 5.91 Å². The number of methoxy groups -OCH3 is 1. The molecule has 2 aromatic carbocycles. The van der Waals surface area contributed by atoms with Gasteiger partial charge >= 0.3 is 6.09 Å². The highest BCUT2D eigenvalue weighted by molar-refractivity contribution is 6.08. The van der Waals surface area contributed by atoms with Gasteiger partial charge in [0.2, 0.25) is 5.78 Å². The Morgan fingerprint density at radius 3 is 2.33 bits per heavy atom. The molecule has 2 N–H and O–H groups in total. The maximum absolute atomic E-state index is 12.8. The van der Waals surface area contributed by atoms with E-state index in [0.717, 1.165) is 10.5 Å². The first kappa shape index (κ1) is 20.7. The van der Waals surface area contributed by atoms with Crippen LogP contribution in [-0.2, 0) is 11.3 Å². The smallest absolute Gasteiger partial charge is 0.408 e. The minimum atomic E-state index is -1.21. The first-order valence-corrected chi connectivity index (χ1v) is 9.15. The molecular formula is C22H21N3O5. The Morgan fingerprint density at radius 2 is 1.70 bits per heavy atom. The van der Waals surface area contributed by atoms with Gasteiger partial charge in [-0.3, -0.25) is 24.6 Å². The first-order valence-electron chi connectivity index (χ1n) is 9.15. The van der Waals surface area contributed by atoms with E-state index < -0.39 is 12.0 Å². The number of benzene rings is 2. The van der Waals surface area contributed by atoms with E-state index in [1.54, 1.807) is 60.7 Å². The molecular weight excluding hydrogens is 386 g/mol. The topological polar surface area (TPSA) is 101 Å². The van der Waals surface area contributed by atoms with E-state index in [1.165, 1.54) is 18.0 Å². The molecule has 0 spiro atoms. The zero-order valence-corrected chi connectivity index (χ0v) is 16.3. The zero-order chi connectivity index (χ0) is 21.5. The van der Waals surface area contributed by atoms with Gasteiger partial charge in [-0.05, 0) is 42.0 Å². The molecule has 0 fully saturated rings. The molecule has 1 heterocycles. The highest BCUT2D eigenvalue weighted by atomic mass is 16.5. The van der Waals surface area contributed by atoms with Gasteiger partial charge in [0.05, 0.1) is 7.11 Å². The second-order valence-corrected chi connectivity index (χ2v) is 6.48. The summed E-state index contributed by atoms with van der Waals surface area (Å²) in [6.07, 6.45) is 0.313. The highest BCUT2D eigenvalue weighted by Crippen LogP contribution is 2.15. The molecule has 0 aliphatic heterocycles. The van der Waals surface area contributed by atoms with E-state index in [2.05, 4.69) is 5.43 Å². The highest BCUT2D eigenvalue weighted by Gasteiger charge is 2.19. The first-order chi connectivity index (χ1) is 14.5. The number of carboxylic acid groups (broad SMARTS) is 1. The molecule has 0 unspecified atom stereocenters. The van der Waals surface area contributed by atoms with Crippen molar-refractivity contribution >= 4 is 17.8 Å². The van der Waals surface area contributed by atoms with Crippen LogP contribution < -0.4 is 10.2 Å². The van der Waals surface area contributed by atoms with Crippen molar-refractivity contribution in [3.63, 3.8) is 0 Å². The lowest BCUT2D eigenvalue weighted by atomic mass is 10.1. The van der Waals surface area contributed by atoms with Crippen molar-refractivity contribution < 1.29 is 24.2 Å². The summed E-state index contributed by atoms with van der Waals surface area (Å²) in [7, 11) is 1.54. The van der Waals surface area contributed by atoms with Gasteiger partial charge in [0, 0.05) is 18.3 Å². The molecule has 154 valence electrons. The number of ether oxygens (including phenoxy) is 1. The quantitative estimate of drug-likeness (QED) is 0.559. The van der Waals surface area contributed by atoms with Gasteiger partial charge in [-0.15, -0.1) is 0 Å². The summed E-state index contributed by atoms with van der Waals surface area (Å²) in [5, 5.41) is 9.42. The summed E-state index contributed by atoms with van der Waals surface area (Å²) in [6, 6.07) is 18.8. The number of nitrogens with one attached hydrogen (secondary N) is 1. The maximum Gasteiger partial charge on any atom is 0.408 e. The third-order valence-electron chi connectivity index (χ3n) is 4.40. The molecule has 8 nitrogen and oxygen atoms in total. The third kappa shape index (κ3) is 5.05. The number of rotatable bonds is 8. The normalized spacial score (nSPS) is 10.3. The fourth-order valence-electron chi connectivity index (χ4n) is 2.89. The largest absolute Gasteiger partial charge is 0.497 e. The van der Waals surface area contributed by atoms with E-state index in [-0.39, 0.29) is 24.6 Å². The lowest BCUT2D eigenvalue weighted by Gasteiger charge is -2.19. The van der Waals surface area contributed by atoms with Crippen LogP contribution in [0.15, 0.2) is 72.9 Å². The summed E-state index contributed by atoms with van der Waals surface area (Å²) < 4.78 is 6.38. The Labute approximate surface area is 173 Å². The molecule has 3 aromatic rings. The predicted molar refractivity (Wildman–Crippen MR) is 110 cm³/mol. The number of hydrogen-bond acceptors (Lipinski definition) is 4. The van der Waals surface area contributed by atoms with Crippen LogP contribution in [0.5, 0.6) is 5.75 Å². The number of amides is 2. The molecule has 0 aliphatic rings. The number of carbonyl (C=O) groups is 3. The van der Waals surface area contributed by atoms with Crippen molar-refractivity contribution in [1.29, 1.82) is 0 Å². The third-order valence-corrected chi connectivity index (χ3v) is 4.40. The van der Waals surface area contributed by atoms with Crippen LogP contribution >= 0.6 is 0 Å². The average Bonchev–Trinajstić information content (AvgIpc) is 3.21. The van der Waals surface area contributed by atoms with Crippen LogP contribution in [0.2, 0.25) is 0 Å². The van der Waals surface area contributed by atoms with E-state index in [9.17, 15) is 19.5 Å². The molecule has 0 saturated carbocycles. The minimum Gasteiger partial charge on any atom is -0.497 e. The van der Waals surface area contributed by atoms with Crippen LogP contribution in [0, 0.1) is 0 Å². The van der Waals surface area contributed by atoms with Gasteiger partial charge in [-0.1, -0.05) is 30.3 Å². The summed E-state index contributed by atoms with van der Waals surface area (Å²) in [5.41, 5.74) is 4.01. The van der Waals surface area contributed by atoms with E-state index in [0.29, 0.717) is 11.3 Å². The van der Waals surface area contributed by atoms with Crippen LogP contribution in [0.1, 0.15) is 21.6 Å². The molecule has 3 rings (SSSR count). The number of nitrogens with zero attached hydrogens (tertiary/aromatic N) is 2. The Morgan fingerprint density at radius 1 is 1.00 bits per heavy atom. The van der Waals surface area contributed by atoms with E-state index in [1.807, 2.05) is 6.07 Å². The van der Waals surface area contributed by atoms with Gasteiger partial charge in [-0.25, -0.2) is 4.79 Å². The molecule has 30 heavy (non-hydrogen) atoms. The van der Waals surface area contributed by atoms with Gasteiger partial charge in [0.1, 0.15) is 18.0 Å². The van der Waals surface area contributed by atoms with Crippen molar-refractivity contribution in [2.45, 2.75) is 6.54 Å². The van der Waals surface area contributed by atoms with Crippen molar-refractivity contribution in [2.24, 2.45) is 0 Å². The molecule has 0 atom stereocenters. The Balaban J connectivity index is 1.68. The summed E-state index contributed by atoms with van der Waals surface area (Å²) in [5.74, 6) is -0.224. The van der Waals surface area contributed by atoms with E-state index in [4.69, 9.17) is 4.74 Å². The van der Waals surface area contributed by atoms with E-state index >= 15 is 0 Å². The van der Waals surface area contributed by atoms with Crippen LogP contribution in [0.4, 0.5) is 4.79 Å². The SMILES string of the molecule is COc1ccc(C(=O)c2cccn2NC(=O)CN(Cc2ccccc2)C(=O)O)cc1. The molecule has 0 aliphatic carbocycles. The van der Waals surface area contributed by atoms with Crippen molar-refractivity contribution in [2.75, 3.05) is 19.1 Å². The second kappa shape index (κ2) is 9.42. The number of ketones is 1. The number of hydrogen-bond donors (Lipinski definition) is 2. The predicted octanol–water partition coefficient (Wildman–Crippen LogP) is 2.98. The second-order valence-electron chi connectivity index (χ2n) is 6.48. The molecule has 1 aromatic heterocycles. The van der Waals surface area contributed by atoms with Crippen molar-refractivity contribution in [3.05, 3.63) is 89.7 Å². The molecule has 2 amide bonds. The fourth-order valence-corrected chi connectivity index (χ4v) is 2.89. The van der Waals surface area contributed by atoms with Gasteiger partial charge in [-0.2, -0.15) is 0 Å². The standard InChI is InChI=1S/C22H21N3O5/c1-30-18-11-9-17(10-12-18)21(27)19-8-5-13-25(19)23-20(26)15-24(22(28)29)14-16-6-3-2-4-7-16/h2-13H,14-15H2,1H3,(H,23,26)(H,28,29). The lowest BCUT2D eigenvalue weighted by molar-refractivity contribution is -0.118. The summed E-state index contributed by atoms with van der Waals surface area (Å²) >= 11 is 0. The Bertz CT molecular complexity index is 1030. The summed E-state index contributed by atoms with van der Waals surface area (Å²) in [4.78, 5) is 37.7. The van der Waals surface area contributed by atoms with Gasteiger partial charge in [0.15, 0.2) is 0 Å². The van der Waals surface area contributed by atoms with Crippen LogP contribution in [0.25, 0.3) is 0 Å². The number of carbonyl (C=O) groups excluding carboxylic acids is 2. The molecule has 0 saturated heterocycles. The minimum absolute atomic E-state index is 0.0763. The average molecular weight is 407 g/mol. The summed E-state index contributed by atoms with van der Waals surface area (Å²) in [6.45, 7) is -0.300. The zero-order valence-electron chi connectivity index (χ0n) is 16.3. The molecule has 8 heteroatoms. The van der Waals surface area contributed by atoms with Crippen molar-refractivity contribution in [1.82, 2.24) is 9.58 Å². The Hall–Kier alpha value is -4.07. The monoisotopic (exact) mass is 407 g/mol. The fraction of sp³-hybridized carbons (Fsp3) is 0.136. The van der Waals surface area contributed by atoms with Crippen molar-refractivity contribution in [3.8, 4) is 5.75 Å². The number of aromatic nitrogens is 1. The maximum atomic E-state index is 12.8. The Kier molecular flexibility index (Phi) is 6.49. The molecule has 0 radical (unpaired) electrons. The van der Waals surface area contributed by atoms with Crippen LogP contribution in [0.3, 0.4) is 0 Å². The van der Waals surface area contributed by atoms with Crippen LogP contribution in [-0.4, -0.2) is 46.1 Å². The lowest BCUT2D eigenvalue weighted by Crippen LogP contribution is -2.39.